The standard InChI is InChI=1S/C19H20N4O6S/c1-12(2)19(26)29-10-9-20-14-5-3-13(4-6-14)7-8-21-22-17-15(18(24)25)11-16(30-17)23(27)28/h3-6,11,20H,1,7-10H2,2H3,(H,24,25). The van der Waals surface area contributed by atoms with E-state index in [1.807, 2.05) is 24.3 Å². The zero-order valence-corrected chi connectivity index (χ0v) is 17.0. The van der Waals surface area contributed by atoms with Crippen LogP contribution in [0.5, 0.6) is 0 Å². The molecule has 0 atom stereocenters. The molecule has 0 aliphatic heterocycles. The number of nitro groups is 1. The van der Waals surface area contributed by atoms with E-state index < -0.39 is 16.9 Å². The summed E-state index contributed by atoms with van der Waals surface area (Å²) < 4.78 is 4.99. The molecule has 0 bridgehead atoms. The Hall–Kier alpha value is -3.60. The maximum Gasteiger partial charge on any atom is 0.339 e. The number of hydrogen-bond donors (Lipinski definition) is 2. The number of nitrogens with one attached hydrogen (secondary N) is 1. The van der Waals surface area contributed by atoms with Gasteiger partial charge in [-0.1, -0.05) is 18.7 Å². The minimum absolute atomic E-state index is 0.00102. The van der Waals surface area contributed by atoms with E-state index in [9.17, 15) is 19.7 Å². The Morgan fingerprint density at radius 1 is 1.33 bits per heavy atom. The molecule has 2 N–H and O–H groups in total. The lowest BCUT2D eigenvalue weighted by Crippen LogP contribution is -2.14. The van der Waals surface area contributed by atoms with E-state index in [1.165, 1.54) is 0 Å². The first kappa shape index (κ1) is 22.7. The van der Waals surface area contributed by atoms with Crippen molar-refractivity contribution in [2.24, 2.45) is 10.2 Å². The highest BCUT2D eigenvalue weighted by atomic mass is 32.1. The molecular weight excluding hydrogens is 412 g/mol. The van der Waals surface area contributed by atoms with Crippen LogP contribution in [0, 0.1) is 10.1 Å². The fourth-order valence-corrected chi connectivity index (χ4v) is 3.04. The van der Waals surface area contributed by atoms with Crippen molar-refractivity contribution in [2.75, 3.05) is 25.0 Å². The van der Waals surface area contributed by atoms with Crippen LogP contribution in [0.25, 0.3) is 0 Å². The highest BCUT2D eigenvalue weighted by molar-refractivity contribution is 7.19. The molecule has 1 heterocycles. The normalized spacial score (nSPS) is 10.7. The van der Waals surface area contributed by atoms with Crippen molar-refractivity contribution in [1.82, 2.24) is 0 Å². The van der Waals surface area contributed by atoms with Crippen LogP contribution in [0.3, 0.4) is 0 Å². The largest absolute Gasteiger partial charge is 0.478 e. The smallest absolute Gasteiger partial charge is 0.339 e. The van der Waals surface area contributed by atoms with Gasteiger partial charge in [-0.15, -0.1) is 5.11 Å². The Labute approximate surface area is 176 Å². The number of ether oxygens (including phenoxy) is 1. The molecule has 0 fully saturated rings. The molecule has 0 radical (unpaired) electrons. The van der Waals surface area contributed by atoms with E-state index in [1.54, 1.807) is 6.92 Å². The number of carboxylic acid groups (broad SMARTS) is 1. The molecule has 1 aromatic carbocycles. The second-order valence-corrected chi connectivity index (χ2v) is 7.13. The second-order valence-electron chi connectivity index (χ2n) is 6.12. The quantitative estimate of drug-likeness (QED) is 0.135. The molecule has 0 saturated heterocycles. The lowest BCUT2D eigenvalue weighted by Gasteiger charge is -2.08. The second kappa shape index (κ2) is 10.8. The molecule has 0 aliphatic rings. The number of carbonyl (C=O) groups excluding carboxylic acids is 1. The number of carboxylic acids is 1. The lowest BCUT2D eigenvalue weighted by molar-refractivity contribution is -0.380. The highest BCUT2D eigenvalue weighted by Gasteiger charge is 2.21. The fourth-order valence-electron chi connectivity index (χ4n) is 2.23. The topological polar surface area (TPSA) is 143 Å². The fraction of sp³-hybridized carbons (Fsp3) is 0.263. The van der Waals surface area contributed by atoms with Gasteiger partial charge in [0.15, 0.2) is 5.00 Å². The van der Waals surface area contributed by atoms with Crippen LogP contribution in [-0.4, -0.2) is 41.7 Å². The predicted octanol–water partition coefficient (Wildman–Crippen LogP) is 4.21. The van der Waals surface area contributed by atoms with E-state index in [4.69, 9.17) is 9.84 Å². The Bertz CT molecular complexity index is 968. The molecule has 0 amide bonds. The van der Waals surface area contributed by atoms with E-state index in [-0.39, 0.29) is 22.2 Å². The van der Waals surface area contributed by atoms with E-state index in [0.29, 0.717) is 36.4 Å². The number of aromatic carboxylic acids is 1. The van der Waals surface area contributed by atoms with Crippen LogP contribution >= 0.6 is 11.3 Å². The van der Waals surface area contributed by atoms with Gasteiger partial charge in [-0.3, -0.25) is 10.1 Å². The summed E-state index contributed by atoms with van der Waals surface area (Å²) in [6.45, 7) is 6.09. The van der Waals surface area contributed by atoms with Gasteiger partial charge in [-0.25, -0.2) is 9.59 Å². The van der Waals surface area contributed by atoms with Crippen LogP contribution < -0.4 is 5.32 Å². The van der Waals surface area contributed by atoms with E-state index >= 15 is 0 Å². The minimum atomic E-state index is -1.29. The number of esters is 1. The summed E-state index contributed by atoms with van der Waals surface area (Å²) in [6, 6.07) is 8.52. The van der Waals surface area contributed by atoms with Gasteiger partial charge in [-0.05, 0) is 42.4 Å². The van der Waals surface area contributed by atoms with Crippen LogP contribution in [0.1, 0.15) is 22.8 Å². The van der Waals surface area contributed by atoms with Crippen molar-refractivity contribution >= 4 is 39.0 Å². The minimum Gasteiger partial charge on any atom is -0.478 e. The number of nitrogens with zero attached hydrogens (tertiary/aromatic N) is 3. The molecule has 30 heavy (non-hydrogen) atoms. The molecule has 11 heteroatoms. The van der Waals surface area contributed by atoms with Crippen LogP contribution in [0.2, 0.25) is 0 Å². The van der Waals surface area contributed by atoms with Gasteiger partial charge < -0.3 is 15.2 Å². The zero-order valence-electron chi connectivity index (χ0n) is 16.2. The molecule has 0 aliphatic carbocycles. The first-order valence-electron chi connectivity index (χ1n) is 8.82. The summed E-state index contributed by atoms with van der Waals surface area (Å²) >= 11 is 0.672. The van der Waals surface area contributed by atoms with Gasteiger partial charge in [-0.2, -0.15) is 5.11 Å². The molecule has 2 rings (SSSR count). The molecule has 2 aromatic rings. The average Bonchev–Trinajstić information content (AvgIpc) is 3.14. The van der Waals surface area contributed by atoms with Crippen molar-refractivity contribution in [3.8, 4) is 0 Å². The Balaban J connectivity index is 1.82. The van der Waals surface area contributed by atoms with Gasteiger partial charge >= 0.3 is 16.9 Å². The predicted molar refractivity (Wildman–Crippen MR) is 112 cm³/mol. The molecule has 10 nitrogen and oxygen atoms in total. The van der Waals surface area contributed by atoms with Crippen LogP contribution in [-0.2, 0) is 16.0 Å². The zero-order chi connectivity index (χ0) is 22.1. The summed E-state index contributed by atoms with van der Waals surface area (Å²) in [5, 5.41) is 30.5. The molecule has 158 valence electrons. The Kier molecular flexibility index (Phi) is 8.18. The third kappa shape index (κ3) is 6.78. The van der Waals surface area contributed by atoms with Crippen LogP contribution in [0.15, 0.2) is 52.7 Å². The summed E-state index contributed by atoms with van der Waals surface area (Å²) in [7, 11) is 0. The Morgan fingerprint density at radius 3 is 2.63 bits per heavy atom. The molecule has 0 saturated carbocycles. The molecule has 0 spiro atoms. The summed E-state index contributed by atoms with van der Waals surface area (Å²) in [5.74, 6) is -1.71. The van der Waals surface area contributed by atoms with Crippen LogP contribution in [0.4, 0.5) is 15.7 Å². The number of anilines is 1. The number of hydrogen-bond acceptors (Lipinski definition) is 9. The van der Waals surface area contributed by atoms with E-state index in [0.717, 1.165) is 17.3 Å². The lowest BCUT2D eigenvalue weighted by atomic mass is 10.1. The third-order valence-electron chi connectivity index (χ3n) is 3.74. The maximum atomic E-state index is 11.3. The first-order valence-corrected chi connectivity index (χ1v) is 9.64. The van der Waals surface area contributed by atoms with Gasteiger partial charge in [0, 0.05) is 23.9 Å². The van der Waals surface area contributed by atoms with Gasteiger partial charge in [0.25, 0.3) is 0 Å². The van der Waals surface area contributed by atoms with Gasteiger partial charge in [0.05, 0.1) is 11.5 Å². The van der Waals surface area contributed by atoms with Crippen molar-refractivity contribution < 1.29 is 24.4 Å². The summed E-state index contributed by atoms with van der Waals surface area (Å²) in [4.78, 5) is 32.6. The number of benzene rings is 1. The monoisotopic (exact) mass is 432 g/mol. The molecule has 1 aromatic heterocycles. The van der Waals surface area contributed by atoms with E-state index in [2.05, 4.69) is 22.1 Å². The van der Waals surface area contributed by atoms with Gasteiger partial charge in [0.1, 0.15) is 12.2 Å². The van der Waals surface area contributed by atoms with Gasteiger partial charge in [0.2, 0.25) is 0 Å². The summed E-state index contributed by atoms with van der Waals surface area (Å²) in [6.07, 6.45) is 0.565. The number of thiophene rings is 1. The number of carbonyl (C=O) groups is 2. The van der Waals surface area contributed by atoms with Crippen molar-refractivity contribution in [2.45, 2.75) is 13.3 Å². The van der Waals surface area contributed by atoms with Crippen molar-refractivity contribution in [3.05, 3.63) is 63.7 Å². The van der Waals surface area contributed by atoms with Crippen molar-refractivity contribution in [3.63, 3.8) is 0 Å². The number of azo groups is 1. The highest BCUT2D eigenvalue weighted by Crippen LogP contribution is 2.36. The third-order valence-corrected chi connectivity index (χ3v) is 4.71. The average molecular weight is 432 g/mol. The molecule has 0 unspecified atom stereocenters. The first-order chi connectivity index (χ1) is 14.3. The molecular formula is C19H20N4O6S. The van der Waals surface area contributed by atoms with Crippen molar-refractivity contribution in [1.29, 1.82) is 0 Å². The Morgan fingerprint density at radius 2 is 2.03 bits per heavy atom. The maximum absolute atomic E-state index is 11.3. The summed E-state index contributed by atoms with van der Waals surface area (Å²) in [5.41, 5.74) is 1.97. The number of rotatable bonds is 11. The SMILES string of the molecule is C=C(C)C(=O)OCCNc1ccc(CCN=Nc2sc([N+](=O)[O-])cc2C(=O)O)cc1.